The fraction of sp³-hybridized carbons (Fsp3) is 1.00. The zero-order valence-corrected chi connectivity index (χ0v) is 4.85. The molecule has 0 aromatic carbocycles. The van der Waals surface area contributed by atoms with Crippen molar-refractivity contribution in [2.24, 2.45) is 0 Å². The Morgan fingerprint density at radius 1 is 1.43 bits per heavy atom. The third-order valence-corrected chi connectivity index (χ3v) is 0.937. The van der Waals surface area contributed by atoms with E-state index in [4.69, 9.17) is 6.48 Å². The minimum absolute atomic E-state index is 0.633. The Bertz CT molecular complexity index is 45.8. The monoisotopic (exact) mass is 103 g/mol. The van der Waals surface area contributed by atoms with Crippen LogP contribution in [0.2, 0.25) is 0 Å². The quantitative estimate of drug-likeness (QED) is 0.535. The SMILES string of the molecule is [2H]C(O)CCCCC. The van der Waals surface area contributed by atoms with Crippen molar-refractivity contribution in [2.45, 2.75) is 32.6 Å². The summed E-state index contributed by atoms with van der Waals surface area (Å²) in [5.74, 6) is 0. The molecule has 0 aliphatic heterocycles. The van der Waals surface area contributed by atoms with Gasteiger partial charge in [0.2, 0.25) is 0 Å². The Hall–Kier alpha value is -0.0400. The van der Waals surface area contributed by atoms with Crippen molar-refractivity contribution in [2.75, 3.05) is 6.58 Å². The summed E-state index contributed by atoms with van der Waals surface area (Å²) in [4.78, 5) is 0. The highest BCUT2D eigenvalue weighted by Crippen LogP contribution is 1.95. The summed E-state index contributed by atoms with van der Waals surface area (Å²) in [5, 5.41) is 8.45. The van der Waals surface area contributed by atoms with E-state index < -0.39 is 6.58 Å². The molecule has 0 aromatic rings. The average Bonchev–Trinajstić information content (AvgIpc) is 1.66. The minimum Gasteiger partial charge on any atom is -0.396 e. The Morgan fingerprint density at radius 2 is 2.14 bits per heavy atom. The lowest BCUT2D eigenvalue weighted by Gasteiger charge is -1.90. The summed E-state index contributed by atoms with van der Waals surface area (Å²) < 4.78 is 6.71. The molecule has 0 aliphatic carbocycles. The predicted molar refractivity (Wildman–Crippen MR) is 31.2 cm³/mol. The largest absolute Gasteiger partial charge is 0.396 e. The molecule has 44 valence electrons. The molecule has 0 spiro atoms. The maximum Gasteiger partial charge on any atom is 0.0564 e. The van der Waals surface area contributed by atoms with Gasteiger partial charge < -0.3 is 5.11 Å². The van der Waals surface area contributed by atoms with Crippen molar-refractivity contribution >= 4 is 0 Å². The smallest absolute Gasteiger partial charge is 0.0564 e. The second-order valence-corrected chi connectivity index (χ2v) is 1.68. The summed E-state index contributed by atoms with van der Waals surface area (Å²) >= 11 is 0. The molecule has 1 heteroatoms. The van der Waals surface area contributed by atoms with Crippen molar-refractivity contribution in [3.05, 3.63) is 0 Å². The van der Waals surface area contributed by atoms with Crippen LogP contribution in [0.25, 0.3) is 0 Å². The maximum absolute atomic E-state index is 8.45. The van der Waals surface area contributed by atoms with E-state index in [0.29, 0.717) is 6.42 Å². The van der Waals surface area contributed by atoms with Gasteiger partial charge in [-0.3, -0.25) is 0 Å². The molecule has 1 N–H and O–H groups in total. The standard InChI is InChI=1S/C6H14O/c1-2-3-4-5-6-7/h7H,2-6H2,1H3/i6D. The van der Waals surface area contributed by atoms with Gasteiger partial charge in [0.1, 0.15) is 0 Å². The van der Waals surface area contributed by atoms with Crippen molar-refractivity contribution in [3.8, 4) is 0 Å². The van der Waals surface area contributed by atoms with E-state index in [-0.39, 0.29) is 0 Å². The van der Waals surface area contributed by atoms with Crippen molar-refractivity contribution in [1.82, 2.24) is 0 Å². The van der Waals surface area contributed by atoms with E-state index >= 15 is 0 Å². The van der Waals surface area contributed by atoms with E-state index in [2.05, 4.69) is 6.92 Å². The number of aliphatic hydroxyl groups excluding tert-OH is 1. The molecule has 0 radical (unpaired) electrons. The second-order valence-electron chi connectivity index (χ2n) is 1.68. The van der Waals surface area contributed by atoms with Gasteiger partial charge in [-0.2, -0.15) is 0 Å². The van der Waals surface area contributed by atoms with Crippen molar-refractivity contribution in [1.29, 1.82) is 0 Å². The molecule has 0 aromatic heterocycles. The number of unbranched alkanes of at least 4 members (excludes halogenated alkanes) is 2. The number of hydrogen-bond donors (Lipinski definition) is 1. The first-order chi connectivity index (χ1) is 3.77. The van der Waals surface area contributed by atoms with E-state index in [1.165, 1.54) is 0 Å². The summed E-state index contributed by atoms with van der Waals surface area (Å²) in [5.41, 5.74) is 0. The van der Waals surface area contributed by atoms with E-state index in [1.54, 1.807) is 0 Å². The number of hydrogen-bond acceptors (Lipinski definition) is 1. The third-order valence-electron chi connectivity index (χ3n) is 0.937. The van der Waals surface area contributed by atoms with Crippen LogP contribution in [0.3, 0.4) is 0 Å². The highest BCUT2D eigenvalue weighted by molar-refractivity contribution is 4.35. The lowest BCUT2D eigenvalue weighted by atomic mass is 10.2. The van der Waals surface area contributed by atoms with Gasteiger partial charge in [-0.05, 0) is 6.42 Å². The second kappa shape index (κ2) is 5.96. The summed E-state index contributed by atoms with van der Waals surface area (Å²) in [6, 6.07) is 0. The zero-order chi connectivity index (χ0) is 6.41. The molecule has 0 aliphatic rings. The fourth-order valence-electron chi connectivity index (χ4n) is 0.486. The van der Waals surface area contributed by atoms with Gasteiger partial charge >= 0.3 is 0 Å². The zero-order valence-electron chi connectivity index (χ0n) is 5.85. The van der Waals surface area contributed by atoms with Crippen LogP contribution >= 0.6 is 0 Å². The third kappa shape index (κ3) is 5.96. The van der Waals surface area contributed by atoms with Crippen LogP contribution in [-0.4, -0.2) is 11.7 Å². The fourth-order valence-corrected chi connectivity index (χ4v) is 0.486. The Balaban J connectivity index is 2.72. The summed E-state index contributed by atoms with van der Waals surface area (Å²) in [7, 11) is 0. The molecule has 7 heavy (non-hydrogen) atoms. The minimum atomic E-state index is -0.846. The van der Waals surface area contributed by atoms with Gasteiger partial charge in [0.15, 0.2) is 0 Å². The highest BCUT2D eigenvalue weighted by atomic mass is 16.2. The molecular formula is C6H14O. The molecular weight excluding hydrogens is 88.1 g/mol. The van der Waals surface area contributed by atoms with Gasteiger partial charge in [0.25, 0.3) is 0 Å². The van der Waals surface area contributed by atoms with Crippen LogP contribution < -0.4 is 0 Å². The van der Waals surface area contributed by atoms with Crippen LogP contribution in [0.15, 0.2) is 0 Å². The van der Waals surface area contributed by atoms with E-state index in [1.807, 2.05) is 0 Å². The van der Waals surface area contributed by atoms with Gasteiger partial charge in [-0.25, -0.2) is 0 Å². The molecule has 0 amide bonds. The lowest BCUT2D eigenvalue weighted by molar-refractivity contribution is 0.283. The van der Waals surface area contributed by atoms with Crippen LogP contribution in [0.4, 0.5) is 0 Å². The van der Waals surface area contributed by atoms with E-state index in [0.717, 1.165) is 19.3 Å². The molecule has 0 fully saturated rings. The van der Waals surface area contributed by atoms with Crippen LogP contribution in [0, 0.1) is 0 Å². The molecule has 0 heterocycles. The Labute approximate surface area is 46.8 Å². The molecule has 1 nitrogen and oxygen atoms in total. The lowest BCUT2D eigenvalue weighted by Crippen LogP contribution is -1.80. The van der Waals surface area contributed by atoms with Crippen molar-refractivity contribution in [3.63, 3.8) is 0 Å². The molecule has 0 saturated carbocycles. The summed E-state index contributed by atoms with van der Waals surface area (Å²) in [6.45, 7) is 1.26. The van der Waals surface area contributed by atoms with Gasteiger partial charge in [-0.1, -0.05) is 26.2 Å². The molecule has 1 unspecified atom stereocenters. The first-order valence-corrected chi connectivity index (χ1v) is 2.87. The molecule has 0 saturated heterocycles. The van der Waals surface area contributed by atoms with E-state index in [9.17, 15) is 0 Å². The van der Waals surface area contributed by atoms with Crippen LogP contribution in [-0.2, 0) is 0 Å². The van der Waals surface area contributed by atoms with Gasteiger partial charge in [0, 0.05) is 6.58 Å². The Kier molecular flexibility index (Phi) is 4.35. The molecule has 1 atom stereocenters. The van der Waals surface area contributed by atoms with Crippen LogP contribution in [0.1, 0.15) is 34.0 Å². The number of aliphatic hydroxyl groups is 1. The van der Waals surface area contributed by atoms with Crippen LogP contribution in [0.5, 0.6) is 0 Å². The van der Waals surface area contributed by atoms with Crippen molar-refractivity contribution < 1.29 is 6.48 Å². The normalized spacial score (nSPS) is 16.0. The maximum atomic E-state index is 8.45. The highest BCUT2D eigenvalue weighted by Gasteiger charge is 1.80. The average molecular weight is 103 g/mol. The topological polar surface area (TPSA) is 20.2 Å². The molecule has 0 bridgehead atoms. The first-order valence-electron chi connectivity index (χ1n) is 3.45. The van der Waals surface area contributed by atoms with Gasteiger partial charge in [-0.15, -0.1) is 0 Å². The Morgan fingerprint density at radius 3 is 2.57 bits per heavy atom. The first kappa shape index (κ1) is 5.10. The summed E-state index contributed by atoms with van der Waals surface area (Å²) in [6.07, 6.45) is 3.91. The van der Waals surface area contributed by atoms with Gasteiger partial charge in [0.05, 0.1) is 1.37 Å². The molecule has 0 rings (SSSR count). The number of rotatable bonds is 4. The predicted octanol–water partition coefficient (Wildman–Crippen LogP) is 1.56.